The van der Waals surface area contributed by atoms with E-state index in [4.69, 9.17) is 0 Å². The van der Waals surface area contributed by atoms with Gasteiger partial charge in [0, 0.05) is 58.1 Å². The van der Waals surface area contributed by atoms with Crippen molar-refractivity contribution in [3.8, 4) is 0 Å². The van der Waals surface area contributed by atoms with Gasteiger partial charge in [-0.1, -0.05) is 48.5 Å². The second kappa shape index (κ2) is 11.4. The van der Waals surface area contributed by atoms with Crippen LogP contribution in [0.3, 0.4) is 0 Å². The van der Waals surface area contributed by atoms with E-state index in [2.05, 4.69) is 17.4 Å². The third-order valence-corrected chi connectivity index (χ3v) is 6.17. The molecular weight excluding hydrogens is 463 g/mol. The monoisotopic (exact) mass is 497 g/mol. The molecule has 3 rings (SSSR count). The molecule has 1 saturated heterocycles. The van der Waals surface area contributed by atoms with Crippen molar-refractivity contribution in [2.75, 3.05) is 39.0 Å². The number of nitrogens with zero attached hydrogens (tertiary/aromatic N) is 2. The minimum atomic E-state index is -0.0366. The molecule has 5 nitrogen and oxygen atoms in total. The van der Waals surface area contributed by atoms with Crippen LogP contribution in [0, 0.1) is 19.8 Å². The average Bonchev–Trinajstić information content (AvgIpc) is 2.71. The Balaban J connectivity index is 0.00000341. The summed E-state index contributed by atoms with van der Waals surface area (Å²) < 4.78 is 0.616. The zero-order chi connectivity index (χ0) is 21.7. The summed E-state index contributed by atoms with van der Waals surface area (Å²) in [6.45, 7) is 6.78. The molecule has 0 bridgehead atoms. The number of benzene rings is 2. The Bertz CT molecular complexity index is 881. The van der Waals surface area contributed by atoms with Crippen LogP contribution in [0.2, 0.25) is 0 Å². The maximum absolute atomic E-state index is 13.2. The predicted molar refractivity (Wildman–Crippen MR) is 121 cm³/mol. The summed E-state index contributed by atoms with van der Waals surface area (Å²) in [6.07, 6.45) is 1.85. The Labute approximate surface area is 211 Å². The first kappa shape index (κ1) is 25.7. The Morgan fingerprint density at radius 1 is 1.03 bits per heavy atom. The van der Waals surface area contributed by atoms with Crippen molar-refractivity contribution < 1.29 is 46.8 Å². The van der Waals surface area contributed by atoms with Gasteiger partial charge in [-0.05, 0) is 37.8 Å². The molecule has 163 valence electrons. The van der Waals surface area contributed by atoms with Crippen molar-refractivity contribution >= 4 is 17.5 Å². The van der Waals surface area contributed by atoms with Gasteiger partial charge >= 0.3 is 0 Å². The first-order chi connectivity index (χ1) is 14.3. The number of nitrogens with one attached hydrogen (secondary N) is 1. The Hall–Kier alpha value is -1.56. The summed E-state index contributed by atoms with van der Waals surface area (Å²) in [4.78, 5) is 27.6. The molecule has 2 aromatic carbocycles. The molecule has 0 spiro atoms. The summed E-state index contributed by atoms with van der Waals surface area (Å²) in [5.74, 6) is 0.146. The summed E-state index contributed by atoms with van der Waals surface area (Å²) in [5, 5.41) is 3.15. The molecule has 0 aliphatic carbocycles. The second-order valence-corrected chi connectivity index (χ2v) is 8.94. The van der Waals surface area contributed by atoms with Crippen molar-refractivity contribution in [3.63, 3.8) is 0 Å². The van der Waals surface area contributed by atoms with Gasteiger partial charge in [0.2, 0.25) is 5.91 Å². The molecule has 1 aliphatic rings. The largest absolute Gasteiger partial charge is 0.348 e. The molecule has 31 heavy (non-hydrogen) atoms. The molecule has 0 aromatic heterocycles. The zero-order valence-electron chi connectivity index (χ0n) is 19.2. The van der Waals surface area contributed by atoms with E-state index < -0.39 is 0 Å². The predicted octanol–water partition coefficient (Wildman–Crippen LogP) is 3.75. The molecule has 2 atom stereocenters. The quantitative estimate of drug-likeness (QED) is 0.619. The van der Waals surface area contributed by atoms with Gasteiger partial charge < -0.3 is 14.7 Å². The standard InChI is InChI=1S/C25H33N3O2.Y/c1-19-10-8-11-20(2)24(19)26-23(29)18-28(16-21-12-6-5-7-13-21)15-9-14-22(17-28)25(30)27(3)4;/h5-8,10-13,22H,9,14-18H2,1-4H3;/p+1. The Kier molecular flexibility index (Phi) is 9.41. The fraction of sp³-hybridized carbons (Fsp3) is 0.440. The van der Waals surface area contributed by atoms with Crippen LogP contribution in [0.1, 0.15) is 29.5 Å². The van der Waals surface area contributed by atoms with E-state index in [0.29, 0.717) is 17.6 Å². The zero-order valence-corrected chi connectivity index (χ0v) is 22.1. The number of aryl methyl sites for hydroxylation is 2. The smallest absolute Gasteiger partial charge is 0.279 e. The number of rotatable bonds is 6. The number of carbonyl (C=O) groups is 2. The van der Waals surface area contributed by atoms with Crippen LogP contribution in [-0.4, -0.2) is 54.9 Å². The Morgan fingerprint density at radius 3 is 2.29 bits per heavy atom. The van der Waals surface area contributed by atoms with Crippen molar-refractivity contribution in [2.45, 2.75) is 33.2 Å². The minimum Gasteiger partial charge on any atom is -0.348 e. The number of hydrogen-bond acceptors (Lipinski definition) is 2. The molecule has 1 radical (unpaired) electrons. The third-order valence-electron chi connectivity index (χ3n) is 6.17. The number of piperidine rings is 1. The summed E-state index contributed by atoms with van der Waals surface area (Å²) >= 11 is 0. The van der Waals surface area contributed by atoms with Crippen molar-refractivity contribution in [1.82, 2.24) is 4.90 Å². The molecule has 2 amide bonds. The first-order valence-electron chi connectivity index (χ1n) is 10.8. The topological polar surface area (TPSA) is 49.4 Å². The van der Waals surface area contributed by atoms with Crippen molar-refractivity contribution in [1.29, 1.82) is 0 Å². The van der Waals surface area contributed by atoms with Crippen LogP contribution in [0.15, 0.2) is 48.5 Å². The summed E-state index contributed by atoms with van der Waals surface area (Å²) in [5.41, 5.74) is 4.24. The summed E-state index contributed by atoms with van der Waals surface area (Å²) in [6, 6.07) is 16.3. The maximum Gasteiger partial charge on any atom is 0.279 e. The fourth-order valence-electron chi connectivity index (χ4n) is 4.70. The van der Waals surface area contributed by atoms with Gasteiger partial charge in [0.15, 0.2) is 6.54 Å². The van der Waals surface area contributed by atoms with Crippen LogP contribution in [0.4, 0.5) is 5.69 Å². The Morgan fingerprint density at radius 2 is 1.68 bits per heavy atom. The van der Waals surface area contributed by atoms with Crippen molar-refractivity contribution in [2.24, 2.45) is 5.92 Å². The van der Waals surface area contributed by atoms with E-state index in [1.807, 2.05) is 64.3 Å². The van der Waals surface area contributed by atoms with E-state index in [1.54, 1.807) is 4.90 Å². The first-order valence-corrected chi connectivity index (χ1v) is 10.8. The molecule has 1 heterocycles. The number of para-hydroxylation sites is 1. The van der Waals surface area contributed by atoms with Gasteiger partial charge in [-0.3, -0.25) is 9.59 Å². The normalized spacial score (nSPS) is 20.5. The molecule has 6 heteroatoms. The number of anilines is 1. The fourth-order valence-corrected chi connectivity index (χ4v) is 4.70. The maximum atomic E-state index is 13.2. The van der Waals surface area contributed by atoms with E-state index in [0.717, 1.165) is 42.7 Å². The molecule has 1 aliphatic heterocycles. The van der Waals surface area contributed by atoms with Gasteiger partial charge in [-0.25, -0.2) is 0 Å². The molecule has 1 N–H and O–H groups in total. The van der Waals surface area contributed by atoms with E-state index in [1.165, 1.54) is 5.56 Å². The molecule has 2 unspecified atom stereocenters. The molecular formula is C25H34N3O2Y+. The van der Waals surface area contributed by atoms with E-state index in [9.17, 15) is 9.59 Å². The van der Waals surface area contributed by atoms with Crippen LogP contribution in [0.5, 0.6) is 0 Å². The molecule has 1 fully saturated rings. The van der Waals surface area contributed by atoms with Gasteiger partial charge in [-0.2, -0.15) is 0 Å². The SMILES string of the molecule is Cc1cccc(C)c1NC(=O)C[N+]1(Cc2ccccc2)CCCC(C(=O)N(C)C)C1.[Y]. The van der Waals surface area contributed by atoms with Crippen LogP contribution < -0.4 is 5.32 Å². The van der Waals surface area contributed by atoms with E-state index in [-0.39, 0.29) is 50.4 Å². The van der Waals surface area contributed by atoms with Gasteiger partial charge in [-0.15, -0.1) is 0 Å². The van der Waals surface area contributed by atoms with Gasteiger partial charge in [0.1, 0.15) is 6.54 Å². The minimum absolute atomic E-state index is 0. The molecule has 0 saturated carbocycles. The van der Waals surface area contributed by atoms with Crippen molar-refractivity contribution in [3.05, 3.63) is 65.2 Å². The number of hydrogen-bond donors (Lipinski definition) is 1. The number of quaternary nitrogens is 1. The number of amides is 2. The third kappa shape index (κ3) is 6.71. The average molecular weight is 497 g/mol. The van der Waals surface area contributed by atoms with Gasteiger partial charge in [0.05, 0.1) is 19.0 Å². The van der Waals surface area contributed by atoms with E-state index >= 15 is 0 Å². The van der Waals surface area contributed by atoms with Crippen LogP contribution in [0.25, 0.3) is 0 Å². The summed E-state index contributed by atoms with van der Waals surface area (Å²) in [7, 11) is 3.63. The number of carbonyl (C=O) groups excluding carboxylic acids is 2. The van der Waals surface area contributed by atoms with Crippen LogP contribution in [-0.2, 0) is 48.8 Å². The van der Waals surface area contributed by atoms with Gasteiger partial charge in [0.25, 0.3) is 5.91 Å². The molecule has 2 aromatic rings. The van der Waals surface area contributed by atoms with Crippen LogP contribution >= 0.6 is 0 Å². The number of likely N-dealkylation sites (tertiary alicyclic amines) is 1. The second-order valence-electron chi connectivity index (χ2n) is 8.94.